The average molecular weight is 365 g/mol. The highest BCUT2D eigenvalue weighted by atomic mass is 16.5. The van der Waals surface area contributed by atoms with E-state index < -0.39 is 5.91 Å². The molecule has 140 valence electrons. The Balaban J connectivity index is 1.31. The standard InChI is InChI=1S/C21H23N3O3/c22-20(25)18-3-1-2-4-19(18)27-17-9-7-16(8-10-17)23-21(26)24-12-15(13-24)11-14-5-6-14/h1-4,7-10,14-15H,5-6,11-13H2,(H2,22,25)(H,23,26). The molecule has 1 heterocycles. The minimum Gasteiger partial charge on any atom is -0.457 e. The summed E-state index contributed by atoms with van der Waals surface area (Å²) in [7, 11) is 0. The first-order chi connectivity index (χ1) is 13.1. The summed E-state index contributed by atoms with van der Waals surface area (Å²) < 4.78 is 5.74. The van der Waals surface area contributed by atoms with Crippen molar-refractivity contribution in [2.24, 2.45) is 17.6 Å². The Labute approximate surface area is 158 Å². The number of urea groups is 1. The zero-order chi connectivity index (χ0) is 18.8. The van der Waals surface area contributed by atoms with Crippen molar-refractivity contribution in [1.29, 1.82) is 0 Å². The summed E-state index contributed by atoms with van der Waals surface area (Å²) in [6, 6.07) is 13.8. The third kappa shape index (κ3) is 4.22. The predicted molar refractivity (Wildman–Crippen MR) is 103 cm³/mol. The number of hydrogen-bond donors (Lipinski definition) is 2. The summed E-state index contributed by atoms with van der Waals surface area (Å²) >= 11 is 0. The average Bonchev–Trinajstić information content (AvgIpc) is 3.44. The molecule has 1 saturated carbocycles. The van der Waals surface area contributed by atoms with Crippen LogP contribution in [0.5, 0.6) is 11.5 Å². The molecular formula is C21H23N3O3. The van der Waals surface area contributed by atoms with E-state index in [9.17, 15) is 9.59 Å². The lowest BCUT2D eigenvalue weighted by Crippen LogP contribution is -2.51. The Hall–Kier alpha value is -3.02. The third-order valence-corrected chi connectivity index (χ3v) is 5.09. The van der Waals surface area contributed by atoms with Gasteiger partial charge in [-0.05, 0) is 54.7 Å². The summed E-state index contributed by atoms with van der Waals surface area (Å²) in [6.45, 7) is 1.71. The predicted octanol–water partition coefficient (Wildman–Crippen LogP) is 3.84. The van der Waals surface area contributed by atoms with E-state index in [4.69, 9.17) is 10.5 Å². The number of para-hydroxylation sites is 1. The summed E-state index contributed by atoms with van der Waals surface area (Å²) in [6.07, 6.45) is 3.99. The number of carbonyl (C=O) groups excluding carboxylic acids is 2. The van der Waals surface area contributed by atoms with Crippen LogP contribution in [0, 0.1) is 11.8 Å². The molecule has 6 nitrogen and oxygen atoms in total. The number of primary amides is 1. The quantitative estimate of drug-likeness (QED) is 0.815. The van der Waals surface area contributed by atoms with Gasteiger partial charge in [0.25, 0.3) is 5.91 Å². The molecular weight excluding hydrogens is 342 g/mol. The number of nitrogens with two attached hydrogens (primary N) is 1. The van der Waals surface area contributed by atoms with Crippen LogP contribution < -0.4 is 15.8 Å². The van der Waals surface area contributed by atoms with Gasteiger partial charge in [0.05, 0.1) is 5.56 Å². The van der Waals surface area contributed by atoms with E-state index in [1.165, 1.54) is 19.3 Å². The summed E-state index contributed by atoms with van der Waals surface area (Å²) in [5, 5.41) is 2.91. The number of rotatable bonds is 6. The maximum atomic E-state index is 12.3. The van der Waals surface area contributed by atoms with E-state index in [0.29, 0.717) is 28.7 Å². The van der Waals surface area contributed by atoms with Gasteiger partial charge in [-0.25, -0.2) is 4.79 Å². The number of benzene rings is 2. The van der Waals surface area contributed by atoms with Crippen molar-refractivity contribution < 1.29 is 14.3 Å². The Kier molecular flexibility index (Phi) is 4.71. The topological polar surface area (TPSA) is 84.7 Å². The van der Waals surface area contributed by atoms with Gasteiger partial charge in [-0.2, -0.15) is 0 Å². The Morgan fingerprint density at radius 3 is 2.41 bits per heavy atom. The molecule has 2 aliphatic rings. The number of likely N-dealkylation sites (tertiary alicyclic amines) is 1. The molecule has 1 aliphatic heterocycles. The van der Waals surface area contributed by atoms with Crippen molar-refractivity contribution in [3.05, 3.63) is 54.1 Å². The number of nitrogens with one attached hydrogen (secondary N) is 1. The van der Waals surface area contributed by atoms with Crippen molar-refractivity contribution in [3.8, 4) is 11.5 Å². The normalized spacial score (nSPS) is 16.5. The minimum atomic E-state index is -0.538. The van der Waals surface area contributed by atoms with Crippen LogP contribution in [0.1, 0.15) is 29.6 Å². The molecule has 0 aromatic heterocycles. The Bertz CT molecular complexity index is 840. The minimum absolute atomic E-state index is 0.0604. The molecule has 0 radical (unpaired) electrons. The number of anilines is 1. The van der Waals surface area contributed by atoms with Gasteiger partial charge >= 0.3 is 6.03 Å². The van der Waals surface area contributed by atoms with Crippen molar-refractivity contribution in [3.63, 3.8) is 0 Å². The largest absolute Gasteiger partial charge is 0.457 e. The fourth-order valence-corrected chi connectivity index (χ4v) is 3.40. The second-order valence-corrected chi connectivity index (χ2v) is 7.37. The van der Waals surface area contributed by atoms with Crippen LogP contribution in [0.25, 0.3) is 0 Å². The second kappa shape index (κ2) is 7.31. The van der Waals surface area contributed by atoms with Crippen LogP contribution in [0.2, 0.25) is 0 Å². The fraction of sp³-hybridized carbons (Fsp3) is 0.333. The second-order valence-electron chi connectivity index (χ2n) is 7.37. The van der Waals surface area contributed by atoms with Crippen LogP contribution in [0.15, 0.2) is 48.5 Å². The van der Waals surface area contributed by atoms with E-state index in [-0.39, 0.29) is 6.03 Å². The third-order valence-electron chi connectivity index (χ3n) is 5.09. The molecule has 2 aromatic rings. The van der Waals surface area contributed by atoms with Crippen molar-refractivity contribution in [1.82, 2.24) is 4.90 Å². The Morgan fingerprint density at radius 1 is 1.04 bits per heavy atom. The molecule has 27 heavy (non-hydrogen) atoms. The molecule has 6 heteroatoms. The number of ether oxygens (including phenoxy) is 1. The van der Waals surface area contributed by atoms with Crippen molar-refractivity contribution in [2.75, 3.05) is 18.4 Å². The van der Waals surface area contributed by atoms with E-state index in [0.717, 1.165) is 19.0 Å². The lowest BCUT2D eigenvalue weighted by atomic mass is 9.94. The van der Waals surface area contributed by atoms with E-state index in [1.54, 1.807) is 48.5 Å². The highest BCUT2D eigenvalue weighted by Crippen LogP contribution is 2.38. The lowest BCUT2D eigenvalue weighted by Gasteiger charge is -2.39. The van der Waals surface area contributed by atoms with E-state index >= 15 is 0 Å². The maximum Gasteiger partial charge on any atom is 0.321 e. The molecule has 1 aliphatic carbocycles. The van der Waals surface area contributed by atoms with Gasteiger partial charge in [0, 0.05) is 18.8 Å². The summed E-state index contributed by atoms with van der Waals surface area (Å²) in [4.78, 5) is 25.6. The molecule has 0 spiro atoms. The smallest absolute Gasteiger partial charge is 0.321 e. The summed E-state index contributed by atoms with van der Waals surface area (Å²) in [5.41, 5.74) is 6.40. The fourth-order valence-electron chi connectivity index (χ4n) is 3.40. The van der Waals surface area contributed by atoms with Gasteiger partial charge in [-0.1, -0.05) is 25.0 Å². The first-order valence-electron chi connectivity index (χ1n) is 9.31. The molecule has 2 fully saturated rings. The number of carbonyl (C=O) groups is 2. The molecule has 0 atom stereocenters. The van der Waals surface area contributed by atoms with Gasteiger partial charge in [-0.3, -0.25) is 4.79 Å². The van der Waals surface area contributed by atoms with E-state index in [1.807, 2.05) is 4.90 Å². The van der Waals surface area contributed by atoms with Gasteiger partial charge in [0.15, 0.2) is 0 Å². The SMILES string of the molecule is NC(=O)c1ccccc1Oc1ccc(NC(=O)N2CC(CC3CC3)C2)cc1. The van der Waals surface area contributed by atoms with Gasteiger partial charge < -0.3 is 20.7 Å². The van der Waals surface area contributed by atoms with Crippen LogP contribution in [0.4, 0.5) is 10.5 Å². The van der Waals surface area contributed by atoms with Crippen molar-refractivity contribution >= 4 is 17.6 Å². The van der Waals surface area contributed by atoms with Crippen LogP contribution in [-0.2, 0) is 0 Å². The summed E-state index contributed by atoms with van der Waals surface area (Å²) in [5.74, 6) is 2.01. The first-order valence-corrected chi connectivity index (χ1v) is 9.31. The molecule has 0 bridgehead atoms. The zero-order valence-electron chi connectivity index (χ0n) is 15.1. The van der Waals surface area contributed by atoms with Crippen LogP contribution >= 0.6 is 0 Å². The first kappa shape index (κ1) is 17.4. The number of nitrogens with zero attached hydrogens (tertiary/aromatic N) is 1. The molecule has 2 aromatic carbocycles. The highest BCUT2D eigenvalue weighted by Gasteiger charge is 2.35. The van der Waals surface area contributed by atoms with Crippen molar-refractivity contribution in [2.45, 2.75) is 19.3 Å². The van der Waals surface area contributed by atoms with E-state index in [2.05, 4.69) is 5.32 Å². The molecule has 3 amide bonds. The lowest BCUT2D eigenvalue weighted by molar-refractivity contribution is 0.0998. The van der Waals surface area contributed by atoms with Crippen LogP contribution in [0.3, 0.4) is 0 Å². The number of hydrogen-bond acceptors (Lipinski definition) is 3. The monoisotopic (exact) mass is 365 g/mol. The molecule has 4 rings (SSSR count). The zero-order valence-corrected chi connectivity index (χ0v) is 15.1. The maximum absolute atomic E-state index is 12.3. The Morgan fingerprint density at radius 2 is 1.74 bits per heavy atom. The molecule has 1 saturated heterocycles. The van der Waals surface area contributed by atoms with Gasteiger partial charge in [-0.15, -0.1) is 0 Å². The van der Waals surface area contributed by atoms with Gasteiger partial charge in [0.2, 0.25) is 0 Å². The van der Waals surface area contributed by atoms with Gasteiger partial charge in [0.1, 0.15) is 11.5 Å². The van der Waals surface area contributed by atoms with Crippen LogP contribution in [-0.4, -0.2) is 29.9 Å². The highest BCUT2D eigenvalue weighted by molar-refractivity contribution is 5.95. The number of amides is 3. The molecule has 0 unspecified atom stereocenters. The molecule has 3 N–H and O–H groups in total.